The predicted octanol–water partition coefficient (Wildman–Crippen LogP) is 9.06. The van der Waals surface area contributed by atoms with E-state index in [1.165, 1.54) is 0 Å². The van der Waals surface area contributed by atoms with E-state index in [1.54, 1.807) is 42.4 Å². The molecule has 6 N–H and O–H groups in total. The summed E-state index contributed by atoms with van der Waals surface area (Å²) in [5.74, 6) is 0.306. The number of aromatic nitrogens is 1. The number of anilines is 1. The van der Waals surface area contributed by atoms with Gasteiger partial charge in [-0.05, 0) is 31.6 Å². The number of hydrogen-bond donors (Lipinski definition) is 2. The summed E-state index contributed by atoms with van der Waals surface area (Å²) in [4.78, 5) is 6.53. The summed E-state index contributed by atoms with van der Waals surface area (Å²) < 4.78 is 0. The Morgan fingerprint density at radius 1 is 0.909 bits per heavy atom. The van der Waals surface area contributed by atoms with Crippen LogP contribution in [-0.2, 0) is 37.5 Å². The van der Waals surface area contributed by atoms with E-state index in [4.69, 9.17) is 33.2 Å². The van der Waals surface area contributed by atoms with Crippen LogP contribution in [0.2, 0.25) is 0 Å². The first kappa shape index (κ1) is 55.7. The topological polar surface area (TPSA) is 190 Å². The molecule has 0 saturated heterocycles. The van der Waals surface area contributed by atoms with E-state index < -0.39 is 0 Å². The van der Waals surface area contributed by atoms with E-state index in [0.717, 1.165) is 27.5 Å². The number of nitrogens with zero attached hydrogens (tertiary/aromatic N) is 4. The van der Waals surface area contributed by atoms with Crippen molar-refractivity contribution < 1.29 is 42.7 Å². The van der Waals surface area contributed by atoms with Crippen LogP contribution >= 0.6 is 41.1 Å². The Balaban J connectivity index is -0.000000161. The van der Waals surface area contributed by atoms with Crippen LogP contribution in [0.25, 0.3) is 50.1 Å². The van der Waals surface area contributed by atoms with Gasteiger partial charge in [0.05, 0.1) is 22.8 Å². The minimum atomic E-state index is 0. The summed E-state index contributed by atoms with van der Waals surface area (Å²) in [6.07, 6.45) is 1.18. The van der Waals surface area contributed by atoms with Crippen LogP contribution in [0.1, 0.15) is 34.1 Å². The van der Waals surface area contributed by atoms with Crippen molar-refractivity contribution in [3.05, 3.63) is 76.9 Å². The minimum Gasteiger partial charge on any atom is -0.679 e. The third-order valence-electron chi connectivity index (χ3n) is 4.73. The molecule has 44 heavy (non-hydrogen) atoms. The number of nitriles is 1. The van der Waals surface area contributed by atoms with Gasteiger partial charge in [-0.1, -0.05) is 63.5 Å². The number of nitrogens with one attached hydrogen (secondary N) is 5. The van der Waals surface area contributed by atoms with Crippen LogP contribution in [0.4, 0.5) is 5.69 Å². The Bertz CT molecular complexity index is 1030. The van der Waals surface area contributed by atoms with Crippen molar-refractivity contribution in [3.8, 4) is 6.07 Å². The average molecular weight is 1050 g/mol. The molecule has 16 heteroatoms. The maximum Gasteiger partial charge on any atom is -0.171 e. The van der Waals surface area contributed by atoms with Crippen molar-refractivity contribution in [1.29, 1.82) is 5.26 Å². The molecule has 2 aromatic carbocycles. The second kappa shape index (κ2) is 42.3. The van der Waals surface area contributed by atoms with Gasteiger partial charge in [0.2, 0.25) is 0 Å². The molecule has 3 rings (SSSR count). The molecular formula is C28H48Cl3N9OPPt2-5. The maximum absolute atomic E-state index is 9.98. The number of aliphatic hydroxyl groups excluding tert-OH is 1. The molecule has 3 aromatic rings. The number of fused-ring (bicyclic) bond motifs is 2. The number of aliphatic hydroxyl groups is 1. The molecule has 0 saturated carbocycles. The van der Waals surface area contributed by atoms with Gasteiger partial charge in [0, 0.05) is 30.3 Å². The summed E-state index contributed by atoms with van der Waals surface area (Å²) in [5.41, 5.74) is 28.0. The Hall–Kier alpha value is -0.653. The van der Waals surface area contributed by atoms with Crippen molar-refractivity contribution in [1.82, 2.24) is 9.88 Å². The van der Waals surface area contributed by atoms with Crippen LogP contribution in [0, 0.1) is 11.3 Å². The summed E-state index contributed by atoms with van der Waals surface area (Å²) in [6.45, 7) is 6.38. The second-order valence-electron chi connectivity index (χ2n) is 7.44. The quantitative estimate of drug-likeness (QED) is 0.0934. The van der Waals surface area contributed by atoms with E-state index in [-0.39, 0.29) is 62.5 Å². The molecule has 10 nitrogen and oxygen atoms in total. The number of hydrogen-bond acceptors (Lipinski definition) is 4. The minimum absolute atomic E-state index is 0. The number of amidine groups is 1. The first-order valence-corrected chi connectivity index (χ1v) is 18.2. The monoisotopic (exact) mass is 1050 g/mol. The Kier molecular flexibility index (Phi) is 53.6. The molecule has 262 valence electrons. The van der Waals surface area contributed by atoms with E-state index in [2.05, 4.69) is 36.3 Å². The zero-order valence-electron chi connectivity index (χ0n) is 24.4. The molecule has 0 fully saturated rings. The first-order valence-electron chi connectivity index (χ1n) is 12.6. The summed E-state index contributed by atoms with van der Waals surface area (Å²) >= 11 is 3.22. The van der Waals surface area contributed by atoms with Crippen molar-refractivity contribution in [2.45, 2.75) is 34.1 Å². The Morgan fingerprint density at radius 2 is 1.30 bits per heavy atom. The SMILES string of the molecule is C.CCC#N.CCC(=[N-])N(CCO)CCNc1c2ccccc2nc2ccccc12.Cl.P.[Cl][Pt].[Cl][Pt].[NH-]CC[NH-].[NH-]CC[NH-]. The Labute approximate surface area is 304 Å². The maximum atomic E-state index is 9.98. The summed E-state index contributed by atoms with van der Waals surface area (Å²) in [5, 5.41) is 32.5. The van der Waals surface area contributed by atoms with Crippen molar-refractivity contribution in [2.75, 3.05) is 57.7 Å². The molecule has 1 aromatic heterocycles. The van der Waals surface area contributed by atoms with Crippen LogP contribution in [0.3, 0.4) is 0 Å². The molecule has 0 amide bonds. The third-order valence-corrected chi connectivity index (χ3v) is 4.73. The van der Waals surface area contributed by atoms with Gasteiger partial charge in [-0.2, -0.15) is 41.3 Å². The fourth-order valence-corrected chi connectivity index (χ4v) is 3.06. The first-order chi connectivity index (χ1) is 20.0. The van der Waals surface area contributed by atoms with E-state index >= 15 is 0 Å². The van der Waals surface area contributed by atoms with Gasteiger partial charge in [0.1, 0.15) is 0 Å². The second-order valence-corrected chi connectivity index (χ2v) is 7.44. The van der Waals surface area contributed by atoms with E-state index in [9.17, 15) is 10.5 Å². The van der Waals surface area contributed by atoms with Gasteiger partial charge in [0.15, 0.2) is 0 Å². The normalized spacial score (nSPS) is 8.36. The molecule has 1 heterocycles. The van der Waals surface area contributed by atoms with E-state index in [1.807, 2.05) is 56.3 Å². The number of pyridine rings is 1. The third kappa shape index (κ3) is 25.5. The van der Waals surface area contributed by atoms with Crippen molar-refractivity contribution in [2.24, 2.45) is 0 Å². The fraction of sp³-hybridized carbons (Fsp3) is 0.464. The number of para-hydroxylation sites is 2. The fourth-order valence-electron chi connectivity index (χ4n) is 3.06. The molecule has 1 atom stereocenters. The molecule has 0 aliphatic carbocycles. The standard InChI is InChI=1S/C20H23N4O.C3H5N.2C2H6N2.CH4.3ClH.H3P.2Pt/c1-2-19(21)24(13-14-25)12-11-22-20-15-7-3-5-9-17(15)23-18-10-6-4-8-16(18)20;1-2-3-4;2*3-1-2-4;;;;;;;/h3-10,25H,2,11-14H2,1H3,(H,22,23);2H2,1H3;2*3-4H,1-2H2;1H4;3*1H;1H3;;/q-1;;2*-2;;;;;;2*+1/p-2. The Morgan fingerprint density at radius 3 is 1.61 bits per heavy atom. The van der Waals surface area contributed by atoms with Crippen LogP contribution in [0.15, 0.2) is 48.5 Å². The predicted molar refractivity (Wildman–Crippen MR) is 195 cm³/mol. The number of benzene rings is 2. The molecule has 0 spiro atoms. The number of rotatable bonds is 9. The van der Waals surface area contributed by atoms with Crippen molar-refractivity contribution in [3.63, 3.8) is 0 Å². The average Bonchev–Trinajstić information content (AvgIpc) is 3.05. The smallest absolute Gasteiger partial charge is 0.171 e. The zero-order chi connectivity index (χ0) is 31.9. The molecule has 1 unspecified atom stereocenters. The van der Waals surface area contributed by atoms with Crippen LogP contribution in [-0.4, -0.2) is 73.2 Å². The largest absolute Gasteiger partial charge is 0.679 e. The van der Waals surface area contributed by atoms with Gasteiger partial charge in [0.25, 0.3) is 0 Å². The van der Waals surface area contributed by atoms with Crippen LogP contribution < -0.4 is 5.32 Å². The molecule has 0 radical (unpaired) electrons. The molecule has 0 aliphatic heterocycles. The van der Waals surface area contributed by atoms with Crippen LogP contribution in [0.5, 0.6) is 0 Å². The van der Waals surface area contributed by atoms with Gasteiger partial charge in [-0.3, -0.25) is 0 Å². The summed E-state index contributed by atoms with van der Waals surface area (Å²) in [7, 11) is 9.22. The zero-order valence-corrected chi connectivity index (χ0v) is 32.7. The van der Waals surface area contributed by atoms with Gasteiger partial charge in [-0.25, -0.2) is 4.98 Å². The van der Waals surface area contributed by atoms with Gasteiger partial charge < -0.3 is 43.7 Å². The van der Waals surface area contributed by atoms with Crippen molar-refractivity contribution >= 4 is 74.5 Å². The molecular weight excluding hydrogens is 1010 g/mol. The van der Waals surface area contributed by atoms with Gasteiger partial charge in [-0.15, -0.1) is 12.4 Å². The van der Waals surface area contributed by atoms with E-state index in [0.29, 0.717) is 38.3 Å². The molecule has 0 aliphatic rings. The molecule has 0 bridgehead atoms. The summed E-state index contributed by atoms with van der Waals surface area (Å²) in [6, 6.07) is 18.1. The number of halogens is 3. The van der Waals surface area contributed by atoms with Gasteiger partial charge >= 0.3 is 56.4 Å².